The minimum absolute atomic E-state index is 0.849. The molecular weight excluding hydrogens is 297 g/mol. The molecule has 0 aromatic heterocycles. The average Bonchev–Trinajstić information content (AvgIpc) is 2.29. The number of hydrogen-bond acceptors (Lipinski definition) is 1. The fraction of sp³-hybridized carbons (Fsp3) is 1.00. The van der Waals surface area contributed by atoms with E-state index in [0.717, 1.165) is 34.1 Å². The van der Waals surface area contributed by atoms with Gasteiger partial charge in [0.15, 0.2) is 0 Å². The molecule has 0 aromatic carbocycles. The van der Waals surface area contributed by atoms with Crippen molar-refractivity contribution in [3.05, 3.63) is 0 Å². The third-order valence-corrected chi connectivity index (χ3v) is 8.09. The Bertz CT molecular complexity index is 172. The Kier molecular flexibility index (Phi) is 8.24. The predicted molar refractivity (Wildman–Crippen MR) is 75.9 cm³/mol. The molecule has 2 heteroatoms. The molecule has 1 saturated heterocycles. The van der Waals surface area contributed by atoms with Crippen LogP contribution in [0.3, 0.4) is 0 Å². The van der Waals surface area contributed by atoms with E-state index < -0.39 is 0 Å². The van der Waals surface area contributed by atoms with Crippen molar-refractivity contribution in [3.8, 4) is 0 Å². The van der Waals surface area contributed by atoms with Crippen LogP contribution in [0.2, 0.25) is 3.67 Å². The molecule has 0 aromatic rings. The Morgan fingerprint density at radius 3 is 2.62 bits per heavy atom. The zero-order chi connectivity index (χ0) is 11.8. The maximum atomic E-state index is 2.65. The van der Waals surface area contributed by atoms with E-state index in [0.29, 0.717) is 0 Å². The topological polar surface area (TPSA) is 3.24 Å². The molecule has 0 radical (unpaired) electrons. The van der Waals surface area contributed by atoms with Crippen molar-refractivity contribution in [1.82, 2.24) is 4.90 Å². The summed E-state index contributed by atoms with van der Waals surface area (Å²) in [4.78, 5) is 2.65. The molecule has 1 heterocycles. The van der Waals surface area contributed by atoms with Crippen LogP contribution in [0.5, 0.6) is 0 Å². The first-order valence-corrected chi connectivity index (χ1v) is 10.8. The van der Waals surface area contributed by atoms with Crippen LogP contribution in [0.1, 0.15) is 64.7 Å². The summed E-state index contributed by atoms with van der Waals surface area (Å²) in [5.74, 6) is 0. The number of rotatable bonds is 7. The fourth-order valence-electron chi connectivity index (χ4n) is 3.08. The molecule has 1 aliphatic heterocycles. The van der Waals surface area contributed by atoms with Crippen molar-refractivity contribution in [2.75, 3.05) is 13.6 Å². The van der Waals surface area contributed by atoms with Crippen molar-refractivity contribution in [2.45, 2.75) is 74.4 Å². The van der Waals surface area contributed by atoms with Gasteiger partial charge < -0.3 is 0 Å². The van der Waals surface area contributed by atoms with Gasteiger partial charge in [0.1, 0.15) is 0 Å². The van der Waals surface area contributed by atoms with E-state index in [1.807, 2.05) is 0 Å². The van der Waals surface area contributed by atoms with Crippen LogP contribution in [0.25, 0.3) is 0 Å². The van der Waals surface area contributed by atoms with Crippen LogP contribution in [0, 0.1) is 0 Å². The summed E-state index contributed by atoms with van der Waals surface area (Å²) < 4.78 is 1.12. The second-order valence-electron chi connectivity index (χ2n) is 5.72. The fourth-order valence-corrected chi connectivity index (χ4v) is 6.65. The summed E-state index contributed by atoms with van der Waals surface area (Å²) in [6, 6.07) is 0.968. The molecular formula is C14H30InN. The van der Waals surface area contributed by atoms with E-state index in [1.54, 1.807) is 0 Å². The molecule has 0 bridgehead atoms. The number of piperidine rings is 1. The molecule has 2 unspecified atom stereocenters. The van der Waals surface area contributed by atoms with E-state index in [2.05, 4.69) is 18.9 Å². The number of unbranched alkanes of at least 4 members (excludes halogenated alkanes) is 4. The zero-order valence-electron chi connectivity index (χ0n) is 11.7. The van der Waals surface area contributed by atoms with Gasteiger partial charge in [0.25, 0.3) is 0 Å². The van der Waals surface area contributed by atoms with Crippen molar-refractivity contribution < 1.29 is 0 Å². The van der Waals surface area contributed by atoms with Crippen molar-refractivity contribution in [2.24, 2.45) is 0 Å². The zero-order valence-corrected chi connectivity index (χ0v) is 17.4. The molecule has 1 nitrogen and oxygen atoms in total. The molecule has 0 amide bonds. The van der Waals surface area contributed by atoms with Crippen LogP contribution in [0.4, 0.5) is 0 Å². The third-order valence-electron chi connectivity index (χ3n) is 4.25. The minimum atomic E-state index is 0.849. The van der Waals surface area contributed by atoms with Gasteiger partial charge in [0.05, 0.1) is 0 Å². The van der Waals surface area contributed by atoms with Gasteiger partial charge in [-0.15, -0.1) is 0 Å². The molecule has 1 aliphatic rings. The first-order valence-electron chi connectivity index (χ1n) is 7.46. The van der Waals surface area contributed by atoms with E-state index in [9.17, 15) is 0 Å². The van der Waals surface area contributed by atoms with Crippen LogP contribution in [-0.2, 0) is 0 Å². The molecule has 2 atom stereocenters. The Labute approximate surface area is 117 Å². The van der Waals surface area contributed by atoms with Gasteiger partial charge in [-0.05, 0) is 0 Å². The van der Waals surface area contributed by atoms with Gasteiger partial charge in [0, 0.05) is 0 Å². The van der Waals surface area contributed by atoms with Gasteiger partial charge in [-0.2, -0.15) is 0 Å². The molecule has 0 spiro atoms. The van der Waals surface area contributed by atoms with Crippen LogP contribution in [-0.4, -0.2) is 48.9 Å². The van der Waals surface area contributed by atoms with Gasteiger partial charge in [-0.25, -0.2) is 0 Å². The maximum absolute atomic E-state index is 2.65. The SMILES string of the molecule is CCCCCCC[CH]([InH2])C1CCCCN1C. The van der Waals surface area contributed by atoms with Gasteiger partial charge in [-0.3, -0.25) is 0 Å². The summed E-state index contributed by atoms with van der Waals surface area (Å²) in [5, 5.41) is 0. The quantitative estimate of drug-likeness (QED) is 0.649. The van der Waals surface area contributed by atoms with E-state index in [1.165, 1.54) is 64.3 Å². The number of hydrogen-bond donors (Lipinski definition) is 0. The first-order chi connectivity index (χ1) is 7.75. The third kappa shape index (κ3) is 5.44. The summed E-state index contributed by atoms with van der Waals surface area (Å²) in [6.45, 7) is 3.66. The summed E-state index contributed by atoms with van der Waals surface area (Å²) in [6.07, 6.45) is 13.2. The predicted octanol–water partition coefficient (Wildman–Crippen LogP) is 3.25. The van der Waals surface area contributed by atoms with Crippen LogP contribution >= 0.6 is 0 Å². The second-order valence-corrected chi connectivity index (χ2v) is 9.96. The normalized spacial score (nSPS) is 24.5. The molecule has 0 saturated carbocycles. The Hall–Kier alpha value is 0.830. The van der Waals surface area contributed by atoms with Crippen LogP contribution < -0.4 is 0 Å². The number of nitrogens with zero attached hydrogens (tertiary/aromatic N) is 1. The molecule has 0 aliphatic carbocycles. The summed E-state index contributed by atoms with van der Waals surface area (Å²) >= 11 is 0.849. The molecule has 94 valence electrons. The summed E-state index contributed by atoms with van der Waals surface area (Å²) in [5.41, 5.74) is 0. The van der Waals surface area contributed by atoms with Gasteiger partial charge in [-0.1, -0.05) is 0 Å². The summed E-state index contributed by atoms with van der Waals surface area (Å²) in [7, 11) is 2.35. The average molecular weight is 327 g/mol. The monoisotopic (exact) mass is 327 g/mol. The van der Waals surface area contributed by atoms with Crippen LogP contribution in [0.15, 0.2) is 0 Å². The van der Waals surface area contributed by atoms with Gasteiger partial charge in [0.2, 0.25) is 0 Å². The Balaban J connectivity index is 2.10. The van der Waals surface area contributed by atoms with Crippen molar-refractivity contribution in [3.63, 3.8) is 0 Å². The number of likely N-dealkylation sites (tertiary alicyclic amines) is 1. The molecule has 1 rings (SSSR count). The van der Waals surface area contributed by atoms with E-state index in [4.69, 9.17) is 0 Å². The van der Waals surface area contributed by atoms with Crippen molar-refractivity contribution >= 4 is 24.4 Å². The Morgan fingerprint density at radius 1 is 1.19 bits per heavy atom. The van der Waals surface area contributed by atoms with E-state index >= 15 is 0 Å². The molecule has 16 heavy (non-hydrogen) atoms. The standard InChI is InChI=1S/C14H28N.In.2H/c1-3-4-5-6-7-8-11-14-12-9-10-13-15(14)2;;;/h11,14H,3-10,12-13H2,1-2H3;;;. The van der Waals surface area contributed by atoms with E-state index in [-0.39, 0.29) is 0 Å². The first kappa shape index (κ1) is 14.9. The molecule has 0 N–H and O–H groups in total. The molecule has 1 fully saturated rings. The van der Waals surface area contributed by atoms with Gasteiger partial charge >= 0.3 is 117 Å². The van der Waals surface area contributed by atoms with Crippen molar-refractivity contribution in [1.29, 1.82) is 0 Å². The Morgan fingerprint density at radius 2 is 1.94 bits per heavy atom. The second kappa shape index (κ2) is 8.85.